The number of benzene rings is 2. The van der Waals surface area contributed by atoms with E-state index in [0.717, 1.165) is 25.2 Å². The Bertz CT molecular complexity index is 891. The Hall–Kier alpha value is -2.97. The number of morpholine rings is 1. The van der Waals surface area contributed by atoms with Gasteiger partial charge in [0.1, 0.15) is 5.69 Å². The standard InChI is InChI=1S/C23H30N4O4/c1-3-25(4-2)17-19-7-5-18(6-8-19)16-24-23(28)20-9-10-21(22(15-20)27(29)30)26-11-13-31-14-12-26/h5-10,15H,3-4,11-14,16-17H2,1-2H3,(H,24,28). The zero-order chi connectivity index (χ0) is 22.2. The second kappa shape index (κ2) is 10.9. The van der Waals surface area contributed by atoms with Crippen LogP contribution < -0.4 is 10.2 Å². The van der Waals surface area contributed by atoms with Gasteiger partial charge in [-0.3, -0.25) is 19.8 Å². The Morgan fingerprint density at radius 1 is 1.10 bits per heavy atom. The Morgan fingerprint density at radius 2 is 1.74 bits per heavy atom. The van der Waals surface area contributed by atoms with E-state index in [1.807, 2.05) is 17.0 Å². The monoisotopic (exact) mass is 426 g/mol. The van der Waals surface area contributed by atoms with Crippen LogP contribution in [0.4, 0.5) is 11.4 Å². The molecule has 31 heavy (non-hydrogen) atoms. The molecule has 0 spiro atoms. The number of nitrogens with one attached hydrogen (secondary N) is 1. The number of anilines is 1. The van der Waals surface area contributed by atoms with Crippen molar-refractivity contribution in [2.24, 2.45) is 0 Å². The normalized spacial score (nSPS) is 14.0. The van der Waals surface area contributed by atoms with Crippen LogP contribution in [0.2, 0.25) is 0 Å². The van der Waals surface area contributed by atoms with Crippen LogP contribution in [0.15, 0.2) is 42.5 Å². The molecule has 1 aliphatic heterocycles. The number of carbonyl (C=O) groups excluding carboxylic acids is 1. The van der Waals surface area contributed by atoms with E-state index in [9.17, 15) is 14.9 Å². The first-order valence-corrected chi connectivity index (χ1v) is 10.7. The molecule has 0 atom stereocenters. The zero-order valence-corrected chi connectivity index (χ0v) is 18.2. The number of nitrogens with zero attached hydrogens (tertiary/aromatic N) is 3. The fourth-order valence-corrected chi connectivity index (χ4v) is 3.63. The molecule has 2 aromatic rings. The maximum Gasteiger partial charge on any atom is 0.293 e. The van der Waals surface area contributed by atoms with Gasteiger partial charge >= 0.3 is 0 Å². The molecule has 2 aromatic carbocycles. The van der Waals surface area contributed by atoms with Gasteiger partial charge in [-0.2, -0.15) is 0 Å². The highest BCUT2D eigenvalue weighted by atomic mass is 16.6. The van der Waals surface area contributed by atoms with Crippen molar-refractivity contribution in [3.05, 3.63) is 69.3 Å². The van der Waals surface area contributed by atoms with Gasteiger partial charge in [0.15, 0.2) is 0 Å². The van der Waals surface area contributed by atoms with Crippen molar-refractivity contribution >= 4 is 17.3 Å². The van der Waals surface area contributed by atoms with Crippen LogP contribution in [-0.2, 0) is 17.8 Å². The van der Waals surface area contributed by atoms with E-state index in [-0.39, 0.29) is 17.2 Å². The average Bonchev–Trinajstić information content (AvgIpc) is 2.81. The van der Waals surface area contributed by atoms with Crippen LogP contribution >= 0.6 is 0 Å². The van der Waals surface area contributed by atoms with E-state index < -0.39 is 4.92 Å². The first-order chi connectivity index (χ1) is 15.0. The molecule has 8 nitrogen and oxygen atoms in total. The maximum atomic E-state index is 12.6. The first kappa shape index (κ1) is 22.7. The summed E-state index contributed by atoms with van der Waals surface area (Å²) in [4.78, 5) is 28.0. The van der Waals surface area contributed by atoms with E-state index >= 15 is 0 Å². The predicted molar refractivity (Wildman–Crippen MR) is 120 cm³/mol. The van der Waals surface area contributed by atoms with E-state index in [4.69, 9.17) is 4.74 Å². The summed E-state index contributed by atoms with van der Waals surface area (Å²) in [5, 5.41) is 14.4. The lowest BCUT2D eigenvalue weighted by Gasteiger charge is -2.28. The number of hydrogen-bond donors (Lipinski definition) is 1. The summed E-state index contributed by atoms with van der Waals surface area (Å²) in [6.07, 6.45) is 0. The highest BCUT2D eigenvalue weighted by Gasteiger charge is 2.23. The van der Waals surface area contributed by atoms with Crippen molar-refractivity contribution in [2.75, 3.05) is 44.3 Å². The van der Waals surface area contributed by atoms with Gasteiger partial charge in [-0.25, -0.2) is 0 Å². The molecule has 0 saturated carbocycles. The third-order valence-electron chi connectivity index (χ3n) is 5.56. The average molecular weight is 427 g/mol. The maximum absolute atomic E-state index is 12.6. The quantitative estimate of drug-likeness (QED) is 0.489. The van der Waals surface area contributed by atoms with Gasteiger partial charge in [0.25, 0.3) is 11.6 Å². The van der Waals surface area contributed by atoms with E-state index in [1.54, 1.807) is 12.1 Å². The Kier molecular flexibility index (Phi) is 7.97. The molecule has 1 heterocycles. The molecular formula is C23H30N4O4. The molecule has 0 aromatic heterocycles. The summed E-state index contributed by atoms with van der Waals surface area (Å²) in [5.41, 5.74) is 2.95. The second-order valence-corrected chi connectivity index (χ2v) is 7.52. The molecule has 8 heteroatoms. The van der Waals surface area contributed by atoms with E-state index in [0.29, 0.717) is 38.5 Å². The van der Waals surface area contributed by atoms with Gasteiger partial charge in [-0.05, 0) is 36.3 Å². The minimum absolute atomic E-state index is 0.0599. The molecule has 166 valence electrons. The molecule has 3 rings (SSSR count). The summed E-state index contributed by atoms with van der Waals surface area (Å²) in [5.74, 6) is -0.330. The Labute approximate surface area is 182 Å². The van der Waals surface area contributed by atoms with Crippen LogP contribution in [0.1, 0.15) is 35.3 Å². The van der Waals surface area contributed by atoms with Crippen molar-refractivity contribution in [3.8, 4) is 0 Å². The summed E-state index contributed by atoms with van der Waals surface area (Å²) >= 11 is 0. The first-order valence-electron chi connectivity index (χ1n) is 10.7. The highest BCUT2D eigenvalue weighted by Crippen LogP contribution is 2.30. The SMILES string of the molecule is CCN(CC)Cc1ccc(CNC(=O)c2ccc(N3CCOCC3)c([N+](=O)[O-])c2)cc1. The summed E-state index contributed by atoms with van der Waals surface area (Å²) in [7, 11) is 0. The molecule has 1 aliphatic rings. The number of hydrogen-bond acceptors (Lipinski definition) is 6. The fraction of sp³-hybridized carbons (Fsp3) is 0.435. The molecule has 1 amide bonds. The molecule has 1 fully saturated rings. The Morgan fingerprint density at radius 3 is 2.35 bits per heavy atom. The highest BCUT2D eigenvalue weighted by molar-refractivity contribution is 5.95. The van der Waals surface area contributed by atoms with E-state index in [1.165, 1.54) is 11.6 Å². The van der Waals surface area contributed by atoms with Gasteiger partial charge in [-0.1, -0.05) is 38.1 Å². The number of nitro benzene ring substituents is 1. The summed E-state index contributed by atoms with van der Waals surface area (Å²) in [6, 6.07) is 12.8. The lowest BCUT2D eigenvalue weighted by atomic mass is 10.1. The third kappa shape index (κ3) is 6.02. The largest absolute Gasteiger partial charge is 0.378 e. The van der Waals surface area contributed by atoms with Crippen LogP contribution in [0.25, 0.3) is 0 Å². The number of ether oxygens (including phenoxy) is 1. The number of amides is 1. The number of carbonyl (C=O) groups is 1. The van der Waals surface area contributed by atoms with Crippen LogP contribution in [0, 0.1) is 10.1 Å². The molecule has 0 unspecified atom stereocenters. The predicted octanol–water partition coefficient (Wildman–Crippen LogP) is 3.20. The van der Waals surface area contributed by atoms with E-state index in [2.05, 4.69) is 36.2 Å². The van der Waals surface area contributed by atoms with Gasteiger partial charge < -0.3 is 15.0 Å². The van der Waals surface area contributed by atoms with Gasteiger partial charge in [-0.15, -0.1) is 0 Å². The summed E-state index contributed by atoms with van der Waals surface area (Å²) in [6.45, 7) is 9.82. The fourth-order valence-electron chi connectivity index (χ4n) is 3.63. The van der Waals surface area contributed by atoms with Gasteiger partial charge in [0.2, 0.25) is 0 Å². The van der Waals surface area contributed by atoms with Gasteiger partial charge in [0.05, 0.1) is 18.1 Å². The minimum atomic E-state index is -0.434. The number of rotatable bonds is 9. The molecular weight excluding hydrogens is 396 g/mol. The van der Waals surface area contributed by atoms with Crippen LogP contribution in [-0.4, -0.2) is 55.1 Å². The van der Waals surface area contributed by atoms with Crippen LogP contribution in [0.5, 0.6) is 0 Å². The summed E-state index contributed by atoms with van der Waals surface area (Å²) < 4.78 is 5.32. The molecule has 1 N–H and O–H groups in total. The molecule has 0 aliphatic carbocycles. The number of nitro groups is 1. The molecule has 1 saturated heterocycles. The smallest absolute Gasteiger partial charge is 0.293 e. The second-order valence-electron chi connectivity index (χ2n) is 7.52. The lowest BCUT2D eigenvalue weighted by Crippen LogP contribution is -2.36. The molecule has 0 radical (unpaired) electrons. The van der Waals surface area contributed by atoms with Crippen molar-refractivity contribution < 1.29 is 14.5 Å². The minimum Gasteiger partial charge on any atom is -0.378 e. The molecule has 0 bridgehead atoms. The van der Waals surface area contributed by atoms with Crippen LogP contribution in [0.3, 0.4) is 0 Å². The van der Waals surface area contributed by atoms with Gasteiger partial charge in [0, 0.05) is 37.8 Å². The topological polar surface area (TPSA) is 88.0 Å². The third-order valence-corrected chi connectivity index (χ3v) is 5.56. The van der Waals surface area contributed by atoms with Crippen molar-refractivity contribution in [1.29, 1.82) is 0 Å². The van der Waals surface area contributed by atoms with Crippen molar-refractivity contribution in [3.63, 3.8) is 0 Å². The van der Waals surface area contributed by atoms with Crippen molar-refractivity contribution in [1.82, 2.24) is 10.2 Å². The zero-order valence-electron chi connectivity index (χ0n) is 18.2. The lowest BCUT2D eigenvalue weighted by molar-refractivity contribution is -0.384. The Balaban J connectivity index is 1.63. The van der Waals surface area contributed by atoms with Crippen molar-refractivity contribution in [2.45, 2.75) is 26.9 Å².